The number of aromatic nitrogens is 1. The van der Waals surface area contributed by atoms with Crippen molar-refractivity contribution in [2.75, 3.05) is 17.2 Å². The minimum absolute atomic E-state index is 0.129. The van der Waals surface area contributed by atoms with Crippen LogP contribution in [0.1, 0.15) is 29.3 Å². The summed E-state index contributed by atoms with van der Waals surface area (Å²) < 4.78 is 0. The SMILES string of the molecule is CC(=O)Nc1cccc(Nc2cc(C(=O)NCCCc3ccccc3)ccn2)c1. The van der Waals surface area contributed by atoms with Crippen molar-refractivity contribution < 1.29 is 9.59 Å². The average molecular weight is 388 g/mol. The van der Waals surface area contributed by atoms with Gasteiger partial charge in [0.15, 0.2) is 0 Å². The molecule has 0 atom stereocenters. The van der Waals surface area contributed by atoms with E-state index in [-0.39, 0.29) is 11.8 Å². The first-order valence-corrected chi connectivity index (χ1v) is 9.53. The van der Waals surface area contributed by atoms with Gasteiger partial charge in [-0.1, -0.05) is 36.4 Å². The summed E-state index contributed by atoms with van der Waals surface area (Å²) in [4.78, 5) is 27.9. The highest BCUT2D eigenvalue weighted by atomic mass is 16.2. The molecule has 148 valence electrons. The van der Waals surface area contributed by atoms with Crippen LogP contribution in [-0.2, 0) is 11.2 Å². The maximum Gasteiger partial charge on any atom is 0.251 e. The van der Waals surface area contributed by atoms with Crippen molar-refractivity contribution in [2.45, 2.75) is 19.8 Å². The number of nitrogens with one attached hydrogen (secondary N) is 3. The predicted octanol–water partition coefficient (Wildman–Crippen LogP) is 4.15. The third kappa shape index (κ3) is 6.46. The third-order valence-corrected chi connectivity index (χ3v) is 4.25. The number of hydrogen-bond acceptors (Lipinski definition) is 4. The van der Waals surface area contributed by atoms with Gasteiger partial charge in [0.25, 0.3) is 5.91 Å². The molecule has 29 heavy (non-hydrogen) atoms. The van der Waals surface area contributed by atoms with Gasteiger partial charge in [0.2, 0.25) is 5.91 Å². The highest BCUT2D eigenvalue weighted by molar-refractivity contribution is 5.95. The first kappa shape index (κ1) is 20.1. The van der Waals surface area contributed by atoms with Crippen LogP contribution in [-0.4, -0.2) is 23.3 Å². The van der Waals surface area contributed by atoms with Crippen LogP contribution in [0.25, 0.3) is 0 Å². The molecule has 0 aliphatic carbocycles. The van der Waals surface area contributed by atoms with E-state index < -0.39 is 0 Å². The highest BCUT2D eigenvalue weighted by Gasteiger charge is 2.07. The second-order valence-corrected chi connectivity index (χ2v) is 6.66. The van der Waals surface area contributed by atoms with Gasteiger partial charge in [0, 0.05) is 36.6 Å². The summed E-state index contributed by atoms with van der Waals surface area (Å²) in [7, 11) is 0. The van der Waals surface area contributed by atoms with Crippen LogP contribution in [0.4, 0.5) is 17.2 Å². The van der Waals surface area contributed by atoms with Gasteiger partial charge >= 0.3 is 0 Å². The topological polar surface area (TPSA) is 83.1 Å². The van der Waals surface area contributed by atoms with E-state index in [9.17, 15) is 9.59 Å². The molecule has 0 aliphatic heterocycles. The quantitative estimate of drug-likeness (QED) is 0.506. The standard InChI is InChI=1S/C23H24N4O2/c1-17(28)26-20-10-5-11-21(16-20)27-22-15-19(12-14-24-22)23(29)25-13-6-9-18-7-3-2-4-8-18/h2-5,7-8,10-12,14-16H,6,9,13H2,1H3,(H,24,27)(H,25,29)(H,26,28). The molecule has 2 aromatic carbocycles. The minimum Gasteiger partial charge on any atom is -0.352 e. The fourth-order valence-electron chi connectivity index (χ4n) is 2.91. The van der Waals surface area contributed by atoms with Crippen LogP contribution in [0.3, 0.4) is 0 Å². The second kappa shape index (κ2) is 10.0. The Morgan fingerprint density at radius 2 is 1.72 bits per heavy atom. The summed E-state index contributed by atoms with van der Waals surface area (Å²) in [5, 5.41) is 8.85. The lowest BCUT2D eigenvalue weighted by atomic mass is 10.1. The monoisotopic (exact) mass is 388 g/mol. The molecule has 0 spiro atoms. The minimum atomic E-state index is -0.133. The van der Waals surface area contributed by atoms with Crippen molar-refractivity contribution in [1.82, 2.24) is 10.3 Å². The first-order valence-electron chi connectivity index (χ1n) is 9.53. The zero-order valence-corrected chi connectivity index (χ0v) is 16.3. The third-order valence-electron chi connectivity index (χ3n) is 4.25. The zero-order chi connectivity index (χ0) is 20.5. The largest absolute Gasteiger partial charge is 0.352 e. The van der Waals surface area contributed by atoms with E-state index in [1.54, 1.807) is 30.5 Å². The van der Waals surface area contributed by atoms with E-state index in [0.717, 1.165) is 18.5 Å². The molecular weight excluding hydrogens is 364 g/mol. The number of carbonyl (C=O) groups is 2. The smallest absolute Gasteiger partial charge is 0.251 e. The Balaban J connectivity index is 1.54. The number of aryl methyl sites for hydroxylation is 1. The molecule has 6 nitrogen and oxygen atoms in total. The van der Waals surface area contributed by atoms with Crippen LogP contribution >= 0.6 is 0 Å². The molecule has 1 aromatic heterocycles. The normalized spacial score (nSPS) is 10.2. The van der Waals surface area contributed by atoms with Gasteiger partial charge < -0.3 is 16.0 Å². The Morgan fingerprint density at radius 1 is 0.931 bits per heavy atom. The summed E-state index contributed by atoms with van der Waals surface area (Å²) in [5.41, 5.74) is 3.26. The molecular formula is C23H24N4O2. The fourth-order valence-corrected chi connectivity index (χ4v) is 2.91. The Bertz CT molecular complexity index is 973. The molecule has 0 bridgehead atoms. The van der Waals surface area contributed by atoms with Crippen molar-refractivity contribution in [1.29, 1.82) is 0 Å². The number of anilines is 3. The van der Waals surface area contributed by atoms with Crippen LogP contribution in [0.5, 0.6) is 0 Å². The van der Waals surface area contributed by atoms with Crippen LogP contribution in [0.15, 0.2) is 72.9 Å². The number of benzene rings is 2. The lowest BCUT2D eigenvalue weighted by molar-refractivity contribution is -0.114. The number of hydrogen-bond donors (Lipinski definition) is 3. The van der Waals surface area contributed by atoms with Gasteiger partial charge in [-0.05, 0) is 48.7 Å². The average Bonchev–Trinajstić information content (AvgIpc) is 2.72. The molecule has 1 heterocycles. The lowest BCUT2D eigenvalue weighted by Gasteiger charge is -2.10. The number of amides is 2. The Morgan fingerprint density at radius 3 is 2.52 bits per heavy atom. The number of pyridine rings is 1. The van der Waals surface area contributed by atoms with Crippen LogP contribution in [0.2, 0.25) is 0 Å². The Labute approximate surface area is 170 Å². The van der Waals surface area contributed by atoms with E-state index in [1.165, 1.54) is 12.5 Å². The molecule has 3 rings (SSSR count). The fraction of sp³-hybridized carbons (Fsp3) is 0.174. The zero-order valence-electron chi connectivity index (χ0n) is 16.3. The second-order valence-electron chi connectivity index (χ2n) is 6.66. The molecule has 0 radical (unpaired) electrons. The molecule has 0 fully saturated rings. The Kier molecular flexibility index (Phi) is 6.95. The maximum absolute atomic E-state index is 12.4. The number of carbonyl (C=O) groups excluding carboxylic acids is 2. The van der Waals surface area contributed by atoms with Crippen molar-refractivity contribution in [3.8, 4) is 0 Å². The molecule has 0 saturated heterocycles. The van der Waals surface area contributed by atoms with Gasteiger partial charge in [-0.3, -0.25) is 9.59 Å². The summed E-state index contributed by atoms with van der Waals surface area (Å²) in [6.07, 6.45) is 3.40. The maximum atomic E-state index is 12.4. The van der Waals surface area contributed by atoms with Crippen LogP contribution in [0, 0.1) is 0 Å². The van der Waals surface area contributed by atoms with E-state index in [2.05, 4.69) is 33.1 Å². The molecule has 3 N–H and O–H groups in total. The molecule has 6 heteroatoms. The van der Waals surface area contributed by atoms with Gasteiger partial charge in [-0.15, -0.1) is 0 Å². The van der Waals surface area contributed by atoms with Crippen LogP contribution < -0.4 is 16.0 Å². The van der Waals surface area contributed by atoms with Gasteiger partial charge in [-0.2, -0.15) is 0 Å². The van der Waals surface area contributed by atoms with Gasteiger partial charge in [0.05, 0.1) is 0 Å². The van der Waals surface area contributed by atoms with Crippen molar-refractivity contribution in [2.24, 2.45) is 0 Å². The highest BCUT2D eigenvalue weighted by Crippen LogP contribution is 2.19. The van der Waals surface area contributed by atoms with E-state index in [4.69, 9.17) is 0 Å². The molecule has 0 saturated carbocycles. The molecule has 2 amide bonds. The molecule has 0 aliphatic rings. The summed E-state index contributed by atoms with van der Waals surface area (Å²) in [6, 6.07) is 20.9. The van der Waals surface area contributed by atoms with Crippen molar-refractivity contribution in [3.05, 3.63) is 84.1 Å². The lowest BCUT2D eigenvalue weighted by Crippen LogP contribution is -2.24. The van der Waals surface area contributed by atoms with Gasteiger partial charge in [0.1, 0.15) is 5.82 Å². The number of nitrogens with zero attached hydrogens (tertiary/aromatic N) is 1. The molecule has 0 unspecified atom stereocenters. The summed E-state index contributed by atoms with van der Waals surface area (Å²) in [6.45, 7) is 2.07. The molecule has 3 aromatic rings. The number of rotatable bonds is 8. The predicted molar refractivity (Wildman–Crippen MR) is 115 cm³/mol. The summed E-state index contributed by atoms with van der Waals surface area (Å²) in [5.74, 6) is 0.295. The Hall–Kier alpha value is -3.67. The summed E-state index contributed by atoms with van der Waals surface area (Å²) >= 11 is 0. The van der Waals surface area contributed by atoms with Gasteiger partial charge in [-0.25, -0.2) is 4.98 Å². The van der Waals surface area contributed by atoms with E-state index >= 15 is 0 Å². The van der Waals surface area contributed by atoms with E-state index in [0.29, 0.717) is 23.6 Å². The first-order chi connectivity index (χ1) is 14.1. The van der Waals surface area contributed by atoms with Crippen molar-refractivity contribution in [3.63, 3.8) is 0 Å². The van der Waals surface area contributed by atoms with E-state index in [1.807, 2.05) is 30.3 Å². The van der Waals surface area contributed by atoms with Crippen molar-refractivity contribution >= 4 is 29.0 Å².